The topological polar surface area (TPSA) is 113 Å². The molecule has 0 aliphatic rings. The van der Waals surface area contributed by atoms with Crippen molar-refractivity contribution in [2.24, 2.45) is 10.9 Å². The summed E-state index contributed by atoms with van der Waals surface area (Å²) in [4.78, 5) is 19.8. The Kier molecular flexibility index (Phi) is 4.04. The van der Waals surface area contributed by atoms with Gasteiger partial charge in [-0.05, 0) is 12.1 Å². The van der Waals surface area contributed by atoms with Crippen LogP contribution in [0.1, 0.15) is 21.7 Å². The number of carbonyl (C=O) groups excluding carboxylic acids is 1. The highest BCUT2D eigenvalue weighted by molar-refractivity contribution is 7.07. The lowest BCUT2D eigenvalue weighted by Crippen LogP contribution is -2.24. The van der Waals surface area contributed by atoms with E-state index in [1.165, 1.54) is 23.6 Å². The second-order valence-corrected chi connectivity index (χ2v) is 4.30. The molecule has 0 bridgehead atoms. The van der Waals surface area contributed by atoms with Crippen molar-refractivity contribution in [2.75, 3.05) is 0 Å². The van der Waals surface area contributed by atoms with Gasteiger partial charge < -0.3 is 16.3 Å². The quantitative estimate of drug-likeness (QED) is 0.327. The molecule has 2 aromatic rings. The normalized spacial score (nSPS) is 11.3. The summed E-state index contributed by atoms with van der Waals surface area (Å²) in [6.07, 6.45) is 1.37. The minimum atomic E-state index is -0.306. The zero-order valence-electron chi connectivity index (χ0n) is 9.78. The van der Waals surface area contributed by atoms with Crippen LogP contribution >= 0.6 is 11.3 Å². The number of carbonyl (C=O) groups is 1. The average Bonchev–Trinajstić information content (AvgIpc) is 2.97. The third-order valence-electron chi connectivity index (χ3n) is 2.31. The van der Waals surface area contributed by atoms with Crippen LogP contribution in [0, 0.1) is 0 Å². The van der Waals surface area contributed by atoms with Gasteiger partial charge in [-0.25, -0.2) is 4.98 Å². The van der Waals surface area contributed by atoms with Crippen LogP contribution in [0.5, 0.6) is 0 Å². The second-order valence-electron chi connectivity index (χ2n) is 3.58. The molecule has 2 aromatic heterocycles. The van der Waals surface area contributed by atoms with Crippen molar-refractivity contribution < 1.29 is 10.0 Å². The predicted molar refractivity (Wildman–Crippen MR) is 70.0 cm³/mol. The van der Waals surface area contributed by atoms with Gasteiger partial charge in [-0.3, -0.25) is 9.78 Å². The smallest absolute Gasteiger partial charge is 0.270 e. The molecule has 0 unspecified atom stereocenters. The number of hydrogen-bond donors (Lipinski definition) is 3. The summed E-state index contributed by atoms with van der Waals surface area (Å²) >= 11 is 1.47. The summed E-state index contributed by atoms with van der Waals surface area (Å²) in [6.45, 7) is 0.353. The molecule has 0 aliphatic carbocycles. The lowest BCUT2D eigenvalue weighted by Gasteiger charge is -2.03. The molecule has 2 rings (SSSR count). The van der Waals surface area contributed by atoms with Crippen LogP contribution in [-0.4, -0.2) is 26.9 Å². The fourth-order valence-corrected chi connectivity index (χ4v) is 1.88. The second kappa shape index (κ2) is 5.91. The number of nitrogens with two attached hydrogens (primary N) is 1. The number of rotatable bonds is 4. The van der Waals surface area contributed by atoms with Crippen LogP contribution in [0.4, 0.5) is 0 Å². The molecule has 2 heterocycles. The van der Waals surface area contributed by atoms with E-state index in [1.54, 1.807) is 11.6 Å². The molecule has 0 aliphatic heterocycles. The first-order chi connectivity index (χ1) is 9.20. The van der Waals surface area contributed by atoms with E-state index >= 15 is 0 Å². The predicted octanol–water partition coefficient (Wildman–Crippen LogP) is 0.563. The number of aromatic nitrogens is 2. The van der Waals surface area contributed by atoms with E-state index in [1.807, 2.05) is 5.38 Å². The van der Waals surface area contributed by atoms with Crippen molar-refractivity contribution in [2.45, 2.75) is 6.54 Å². The highest BCUT2D eigenvalue weighted by Crippen LogP contribution is 2.02. The monoisotopic (exact) mass is 277 g/mol. The minimum Gasteiger partial charge on any atom is -0.409 e. The number of amides is 1. The van der Waals surface area contributed by atoms with Gasteiger partial charge in [0, 0.05) is 17.1 Å². The summed E-state index contributed by atoms with van der Waals surface area (Å²) in [5, 5.41) is 15.9. The van der Waals surface area contributed by atoms with Gasteiger partial charge in [-0.2, -0.15) is 0 Å². The largest absolute Gasteiger partial charge is 0.409 e. The summed E-state index contributed by atoms with van der Waals surface area (Å²) in [5.41, 5.74) is 8.59. The Morgan fingerprint density at radius 2 is 2.32 bits per heavy atom. The molecule has 1 amide bonds. The first kappa shape index (κ1) is 13.0. The summed E-state index contributed by atoms with van der Waals surface area (Å²) in [5.74, 6) is -0.360. The van der Waals surface area contributed by atoms with Gasteiger partial charge in [0.2, 0.25) is 0 Å². The molecule has 19 heavy (non-hydrogen) atoms. The molecular weight excluding hydrogens is 266 g/mol. The Labute approximate surface area is 112 Å². The maximum atomic E-state index is 11.8. The van der Waals surface area contributed by atoms with Crippen molar-refractivity contribution in [3.8, 4) is 0 Å². The van der Waals surface area contributed by atoms with Crippen LogP contribution in [-0.2, 0) is 6.54 Å². The van der Waals surface area contributed by atoms with Crippen LogP contribution in [0.2, 0.25) is 0 Å². The van der Waals surface area contributed by atoms with Crippen molar-refractivity contribution in [3.63, 3.8) is 0 Å². The third kappa shape index (κ3) is 3.26. The van der Waals surface area contributed by atoms with E-state index in [0.717, 1.165) is 5.69 Å². The molecule has 0 saturated heterocycles. The number of pyridine rings is 1. The number of nitrogens with zero attached hydrogens (tertiary/aromatic N) is 3. The van der Waals surface area contributed by atoms with E-state index in [4.69, 9.17) is 10.9 Å². The fourth-order valence-electron chi connectivity index (χ4n) is 1.32. The number of amidine groups is 1. The molecule has 0 fully saturated rings. The molecule has 0 radical (unpaired) electrons. The highest BCUT2D eigenvalue weighted by Gasteiger charge is 2.08. The zero-order chi connectivity index (χ0) is 13.7. The fraction of sp³-hybridized carbons (Fsp3) is 0.0909. The molecule has 98 valence electrons. The lowest BCUT2D eigenvalue weighted by molar-refractivity contribution is 0.0945. The van der Waals surface area contributed by atoms with Crippen molar-refractivity contribution in [1.82, 2.24) is 15.3 Å². The van der Waals surface area contributed by atoms with Gasteiger partial charge in [-0.15, -0.1) is 11.3 Å². The Morgan fingerprint density at radius 3 is 2.89 bits per heavy atom. The Balaban J connectivity index is 1.99. The molecule has 0 aromatic carbocycles. The summed E-state index contributed by atoms with van der Waals surface area (Å²) < 4.78 is 0. The highest BCUT2D eigenvalue weighted by atomic mass is 32.1. The van der Waals surface area contributed by atoms with E-state index in [0.29, 0.717) is 12.1 Å². The Morgan fingerprint density at radius 1 is 1.47 bits per heavy atom. The maximum absolute atomic E-state index is 11.8. The summed E-state index contributed by atoms with van der Waals surface area (Å²) in [6, 6.07) is 3.06. The zero-order valence-corrected chi connectivity index (χ0v) is 10.6. The molecule has 4 N–H and O–H groups in total. The molecule has 0 atom stereocenters. The third-order valence-corrected chi connectivity index (χ3v) is 2.95. The lowest BCUT2D eigenvalue weighted by atomic mass is 10.2. The number of nitrogens with one attached hydrogen (secondary N) is 1. The van der Waals surface area contributed by atoms with Gasteiger partial charge in [0.1, 0.15) is 5.69 Å². The number of thiazole rings is 1. The van der Waals surface area contributed by atoms with Crippen LogP contribution < -0.4 is 11.1 Å². The standard InChI is InChI=1S/C11H11N5O2S/c12-10(16-18)7-1-2-9(13-3-7)11(17)14-4-8-5-19-6-15-8/h1-3,5-6,18H,4H2,(H2,12,16)(H,14,17). The first-order valence-electron chi connectivity index (χ1n) is 5.30. The van der Waals surface area contributed by atoms with Gasteiger partial charge in [-0.1, -0.05) is 5.16 Å². The maximum Gasteiger partial charge on any atom is 0.270 e. The molecule has 7 nitrogen and oxygen atoms in total. The Hall–Kier alpha value is -2.48. The molecule has 8 heteroatoms. The van der Waals surface area contributed by atoms with Gasteiger partial charge >= 0.3 is 0 Å². The van der Waals surface area contributed by atoms with Crippen molar-refractivity contribution in [3.05, 3.63) is 46.2 Å². The van der Waals surface area contributed by atoms with Crippen molar-refractivity contribution in [1.29, 1.82) is 0 Å². The average molecular weight is 277 g/mol. The molecule has 0 spiro atoms. The van der Waals surface area contributed by atoms with Gasteiger partial charge in [0.15, 0.2) is 5.84 Å². The van der Waals surface area contributed by atoms with Crippen LogP contribution in [0.15, 0.2) is 34.4 Å². The van der Waals surface area contributed by atoms with E-state index < -0.39 is 0 Å². The number of hydrogen-bond acceptors (Lipinski definition) is 6. The summed E-state index contributed by atoms with van der Waals surface area (Å²) in [7, 11) is 0. The number of oxime groups is 1. The molecular formula is C11H11N5O2S. The van der Waals surface area contributed by atoms with Crippen LogP contribution in [0.3, 0.4) is 0 Å². The Bertz CT molecular complexity index is 580. The minimum absolute atomic E-state index is 0.0538. The van der Waals surface area contributed by atoms with Crippen LogP contribution in [0.25, 0.3) is 0 Å². The van der Waals surface area contributed by atoms with E-state index in [2.05, 4.69) is 20.4 Å². The van der Waals surface area contributed by atoms with Gasteiger partial charge in [0.05, 0.1) is 17.7 Å². The van der Waals surface area contributed by atoms with E-state index in [-0.39, 0.29) is 17.4 Å². The first-order valence-corrected chi connectivity index (χ1v) is 6.24. The van der Waals surface area contributed by atoms with Crippen molar-refractivity contribution >= 4 is 23.1 Å². The van der Waals surface area contributed by atoms with E-state index in [9.17, 15) is 4.79 Å². The SMILES string of the molecule is N/C(=N/O)c1ccc(C(=O)NCc2cscn2)nc1. The van der Waals surface area contributed by atoms with Gasteiger partial charge in [0.25, 0.3) is 5.91 Å². The molecule has 0 saturated carbocycles.